The lowest BCUT2D eigenvalue weighted by Gasteiger charge is -2.38. The molecule has 1 atom stereocenters. The van der Waals surface area contributed by atoms with E-state index in [1.54, 1.807) is 0 Å². The van der Waals surface area contributed by atoms with Crippen LogP contribution in [0.15, 0.2) is 34.0 Å². The molecule has 2 aliphatic rings. The molecule has 1 amide bonds. The summed E-state index contributed by atoms with van der Waals surface area (Å²) in [5.41, 5.74) is 1.11. The van der Waals surface area contributed by atoms with Crippen LogP contribution in [0.3, 0.4) is 0 Å². The van der Waals surface area contributed by atoms with Crippen molar-refractivity contribution in [2.75, 3.05) is 6.61 Å². The number of aromatic nitrogens is 2. The Morgan fingerprint density at radius 2 is 2.15 bits per heavy atom. The Hall–Kier alpha value is -2.87. The van der Waals surface area contributed by atoms with Crippen LogP contribution in [0.25, 0.3) is 0 Å². The third-order valence-electron chi connectivity index (χ3n) is 5.26. The summed E-state index contributed by atoms with van der Waals surface area (Å²) < 4.78 is 5.54. The minimum atomic E-state index is -0.606. The number of carbonyl (C=O) groups excluding carboxylic acids is 1. The number of aliphatic hydroxyl groups is 1. The standard InChI is InChI=1S/C19H21N3O5/c23-14-6-12(7-14)17(11-1-2-15-10(5-11)3-4-27-15)21-16(24)8-13-9-20-19(26)22-18(13)25/h1-2,5,9,12,14,17,23H,3-4,6-8H2,(H,21,24)(H2,20,22,25,26)/t12?,14?,17-/m0/s1. The fraction of sp³-hybridized carbons (Fsp3) is 0.421. The molecular formula is C19H21N3O5. The molecule has 4 N–H and O–H groups in total. The molecule has 2 heterocycles. The second-order valence-electron chi connectivity index (χ2n) is 7.17. The highest BCUT2D eigenvalue weighted by Gasteiger charge is 2.36. The van der Waals surface area contributed by atoms with Crippen LogP contribution in [0.2, 0.25) is 0 Å². The van der Waals surface area contributed by atoms with Crippen LogP contribution < -0.4 is 21.3 Å². The van der Waals surface area contributed by atoms with Crippen molar-refractivity contribution in [3.05, 3.63) is 61.9 Å². The Bertz CT molecular complexity index is 974. The van der Waals surface area contributed by atoms with Gasteiger partial charge < -0.3 is 20.1 Å². The molecule has 27 heavy (non-hydrogen) atoms. The number of ether oxygens (including phenoxy) is 1. The van der Waals surface area contributed by atoms with Gasteiger partial charge in [-0.25, -0.2) is 4.79 Å². The molecule has 0 bridgehead atoms. The summed E-state index contributed by atoms with van der Waals surface area (Å²) in [5, 5.41) is 12.7. The first kappa shape index (κ1) is 17.5. The van der Waals surface area contributed by atoms with Crippen LogP contribution in [-0.4, -0.2) is 33.7 Å². The number of aliphatic hydroxyl groups excluding tert-OH is 1. The van der Waals surface area contributed by atoms with Gasteiger partial charge in [-0.2, -0.15) is 0 Å². The van der Waals surface area contributed by atoms with E-state index in [0.29, 0.717) is 19.4 Å². The molecule has 0 saturated heterocycles. The number of H-pyrrole nitrogens is 2. The van der Waals surface area contributed by atoms with E-state index >= 15 is 0 Å². The summed E-state index contributed by atoms with van der Waals surface area (Å²) in [4.78, 5) is 39.9. The zero-order valence-electron chi connectivity index (χ0n) is 14.7. The number of nitrogens with one attached hydrogen (secondary N) is 3. The Labute approximate surface area is 154 Å². The normalized spacial score (nSPS) is 21.7. The molecule has 1 aromatic carbocycles. The third kappa shape index (κ3) is 3.66. The van der Waals surface area contributed by atoms with Gasteiger partial charge in [-0.1, -0.05) is 6.07 Å². The minimum absolute atomic E-state index is 0.133. The molecule has 1 aromatic heterocycles. The summed E-state index contributed by atoms with van der Waals surface area (Å²) in [6.45, 7) is 0.660. The van der Waals surface area contributed by atoms with Crippen LogP contribution in [-0.2, 0) is 17.6 Å². The molecule has 0 radical (unpaired) electrons. The monoisotopic (exact) mass is 371 g/mol. The number of benzene rings is 1. The fourth-order valence-corrected chi connectivity index (χ4v) is 3.74. The predicted octanol–water partition coefficient (Wildman–Crippen LogP) is 0.169. The van der Waals surface area contributed by atoms with Gasteiger partial charge in [0.25, 0.3) is 5.56 Å². The Balaban J connectivity index is 1.53. The summed E-state index contributed by atoms with van der Waals surface area (Å²) in [6.07, 6.45) is 2.87. The second-order valence-corrected chi connectivity index (χ2v) is 7.17. The van der Waals surface area contributed by atoms with Gasteiger partial charge in [0.15, 0.2) is 0 Å². The number of fused-ring (bicyclic) bond motifs is 1. The number of carbonyl (C=O) groups is 1. The SMILES string of the molecule is O=C(Cc1c[nH]c(=O)[nH]c1=O)N[C@@H](c1ccc2c(c1)CCO2)C1CC(O)C1. The van der Waals surface area contributed by atoms with Crippen molar-refractivity contribution in [1.29, 1.82) is 0 Å². The maximum Gasteiger partial charge on any atom is 0.325 e. The Kier molecular flexibility index (Phi) is 4.57. The average molecular weight is 371 g/mol. The average Bonchev–Trinajstić information content (AvgIpc) is 3.07. The van der Waals surface area contributed by atoms with Gasteiger partial charge in [0, 0.05) is 18.2 Å². The second kappa shape index (κ2) is 7.03. The molecule has 8 nitrogen and oxygen atoms in total. The first-order valence-corrected chi connectivity index (χ1v) is 9.03. The maximum absolute atomic E-state index is 12.5. The van der Waals surface area contributed by atoms with Crippen LogP contribution >= 0.6 is 0 Å². The lowest BCUT2D eigenvalue weighted by molar-refractivity contribution is -0.122. The molecular weight excluding hydrogens is 350 g/mol. The van der Waals surface area contributed by atoms with Crippen molar-refractivity contribution >= 4 is 5.91 Å². The van der Waals surface area contributed by atoms with E-state index in [1.807, 2.05) is 18.2 Å². The first-order valence-electron chi connectivity index (χ1n) is 9.03. The smallest absolute Gasteiger partial charge is 0.325 e. The summed E-state index contributed by atoms with van der Waals surface area (Å²) in [6, 6.07) is 5.66. The van der Waals surface area contributed by atoms with E-state index in [2.05, 4.69) is 15.3 Å². The van der Waals surface area contributed by atoms with Crippen LogP contribution in [0.1, 0.15) is 35.6 Å². The van der Waals surface area contributed by atoms with Crippen molar-refractivity contribution in [3.63, 3.8) is 0 Å². The van der Waals surface area contributed by atoms with Gasteiger partial charge in [0.1, 0.15) is 5.75 Å². The molecule has 1 aliphatic carbocycles. The molecule has 2 aromatic rings. The number of hydrogen-bond donors (Lipinski definition) is 4. The van der Waals surface area contributed by atoms with Crippen LogP contribution in [0.4, 0.5) is 0 Å². The zero-order chi connectivity index (χ0) is 19.0. The number of hydrogen-bond acceptors (Lipinski definition) is 5. The molecule has 4 rings (SSSR count). The predicted molar refractivity (Wildman–Crippen MR) is 96.6 cm³/mol. The van der Waals surface area contributed by atoms with E-state index in [9.17, 15) is 19.5 Å². The highest BCUT2D eigenvalue weighted by atomic mass is 16.5. The van der Waals surface area contributed by atoms with Gasteiger partial charge in [-0.3, -0.25) is 14.6 Å². The van der Waals surface area contributed by atoms with Crippen molar-refractivity contribution in [2.45, 2.75) is 37.8 Å². The topological polar surface area (TPSA) is 124 Å². The van der Waals surface area contributed by atoms with Gasteiger partial charge in [-0.05, 0) is 42.0 Å². The van der Waals surface area contributed by atoms with E-state index in [1.165, 1.54) is 6.20 Å². The highest BCUT2D eigenvalue weighted by Crippen LogP contribution is 2.39. The minimum Gasteiger partial charge on any atom is -0.493 e. The molecule has 142 valence electrons. The summed E-state index contributed by atoms with van der Waals surface area (Å²) in [7, 11) is 0. The van der Waals surface area contributed by atoms with Gasteiger partial charge in [0.2, 0.25) is 5.91 Å². The molecule has 0 spiro atoms. The summed E-state index contributed by atoms with van der Waals surface area (Å²) in [5.74, 6) is 0.700. The molecule has 0 unspecified atom stereocenters. The largest absolute Gasteiger partial charge is 0.493 e. The first-order chi connectivity index (χ1) is 13.0. The van der Waals surface area contributed by atoms with E-state index in [-0.39, 0.29) is 36.0 Å². The van der Waals surface area contributed by atoms with Crippen LogP contribution in [0, 0.1) is 5.92 Å². The van der Waals surface area contributed by atoms with Gasteiger partial charge in [-0.15, -0.1) is 0 Å². The zero-order valence-corrected chi connectivity index (χ0v) is 14.7. The van der Waals surface area contributed by atoms with Gasteiger partial charge >= 0.3 is 5.69 Å². The number of rotatable bonds is 5. The van der Waals surface area contributed by atoms with Crippen molar-refractivity contribution in [2.24, 2.45) is 5.92 Å². The molecule has 1 saturated carbocycles. The van der Waals surface area contributed by atoms with E-state index in [0.717, 1.165) is 23.3 Å². The fourth-order valence-electron chi connectivity index (χ4n) is 3.74. The maximum atomic E-state index is 12.5. The molecule has 8 heteroatoms. The number of aromatic amines is 2. The Morgan fingerprint density at radius 3 is 2.89 bits per heavy atom. The van der Waals surface area contributed by atoms with E-state index in [4.69, 9.17) is 4.74 Å². The third-order valence-corrected chi connectivity index (χ3v) is 5.26. The number of amides is 1. The Morgan fingerprint density at radius 1 is 1.33 bits per heavy atom. The van der Waals surface area contributed by atoms with Gasteiger partial charge in [0.05, 0.1) is 25.2 Å². The lowest BCUT2D eigenvalue weighted by atomic mass is 9.74. The van der Waals surface area contributed by atoms with E-state index < -0.39 is 11.2 Å². The highest BCUT2D eigenvalue weighted by molar-refractivity contribution is 5.79. The van der Waals surface area contributed by atoms with Crippen molar-refractivity contribution in [1.82, 2.24) is 15.3 Å². The van der Waals surface area contributed by atoms with Crippen LogP contribution in [0.5, 0.6) is 5.75 Å². The summed E-state index contributed by atoms with van der Waals surface area (Å²) >= 11 is 0. The molecule has 1 fully saturated rings. The quantitative estimate of drug-likeness (QED) is 0.596. The van der Waals surface area contributed by atoms with Crippen molar-refractivity contribution < 1.29 is 14.6 Å². The lowest BCUT2D eigenvalue weighted by Crippen LogP contribution is -2.42. The van der Waals surface area contributed by atoms with Crippen molar-refractivity contribution in [3.8, 4) is 5.75 Å². The molecule has 1 aliphatic heterocycles.